The topological polar surface area (TPSA) is 75.4 Å². The Morgan fingerprint density at radius 1 is 1.14 bits per heavy atom. The molecule has 21 heavy (non-hydrogen) atoms. The zero-order valence-electron chi connectivity index (χ0n) is 11.7. The molecule has 2 rings (SSSR count). The highest BCUT2D eigenvalue weighted by Crippen LogP contribution is 2.28. The quantitative estimate of drug-likeness (QED) is 0.847. The third-order valence-electron chi connectivity index (χ3n) is 2.91. The highest BCUT2D eigenvalue weighted by atomic mass is 35.5. The number of hydrogen-bond donors (Lipinski definition) is 2. The van der Waals surface area contributed by atoms with Gasteiger partial charge in [-0.05, 0) is 36.4 Å². The minimum atomic E-state index is -3.50. The molecular formula is C14H16ClN3O2S. The van der Waals surface area contributed by atoms with Crippen LogP contribution in [0.1, 0.15) is 0 Å². The SMILES string of the molecule is CN(C)S(=O)(=O)c1ccc(N)c(Nc2cccc(Cl)c2)c1. The molecule has 0 saturated carbocycles. The summed E-state index contributed by atoms with van der Waals surface area (Å²) in [5.41, 5.74) is 7.59. The maximum atomic E-state index is 12.1. The summed E-state index contributed by atoms with van der Waals surface area (Å²) in [6, 6.07) is 11.6. The largest absolute Gasteiger partial charge is 0.397 e. The molecule has 7 heteroatoms. The minimum Gasteiger partial charge on any atom is -0.397 e. The van der Waals surface area contributed by atoms with Crippen molar-refractivity contribution in [3.05, 3.63) is 47.5 Å². The standard InChI is InChI=1S/C14H16ClN3O2S/c1-18(2)21(19,20)12-6-7-13(16)14(9-12)17-11-5-3-4-10(15)8-11/h3-9,17H,16H2,1-2H3. The van der Waals surface area contributed by atoms with E-state index >= 15 is 0 Å². The number of halogens is 1. The number of hydrogen-bond acceptors (Lipinski definition) is 4. The molecule has 112 valence electrons. The van der Waals surface area contributed by atoms with Crippen molar-refractivity contribution >= 4 is 38.7 Å². The Morgan fingerprint density at radius 3 is 2.48 bits per heavy atom. The van der Waals surface area contributed by atoms with Crippen LogP contribution in [0.2, 0.25) is 5.02 Å². The first-order chi connectivity index (χ1) is 9.80. The molecule has 0 heterocycles. The van der Waals surface area contributed by atoms with Gasteiger partial charge in [0.15, 0.2) is 0 Å². The molecule has 0 aliphatic heterocycles. The van der Waals surface area contributed by atoms with Crippen molar-refractivity contribution in [3.63, 3.8) is 0 Å². The van der Waals surface area contributed by atoms with Crippen LogP contribution in [0.15, 0.2) is 47.4 Å². The van der Waals surface area contributed by atoms with E-state index in [1.54, 1.807) is 24.3 Å². The Hall–Kier alpha value is -1.76. The highest BCUT2D eigenvalue weighted by Gasteiger charge is 2.18. The van der Waals surface area contributed by atoms with E-state index in [4.69, 9.17) is 17.3 Å². The summed E-state index contributed by atoms with van der Waals surface area (Å²) in [7, 11) is -0.541. The van der Waals surface area contributed by atoms with Crippen molar-refractivity contribution in [1.82, 2.24) is 4.31 Å². The van der Waals surface area contributed by atoms with Gasteiger partial charge in [0, 0.05) is 24.8 Å². The van der Waals surface area contributed by atoms with E-state index in [0.29, 0.717) is 16.4 Å². The van der Waals surface area contributed by atoms with Crippen LogP contribution >= 0.6 is 11.6 Å². The molecule has 0 aliphatic rings. The molecule has 0 atom stereocenters. The van der Waals surface area contributed by atoms with Crippen LogP contribution in [-0.2, 0) is 10.0 Å². The lowest BCUT2D eigenvalue weighted by Gasteiger charge is -2.15. The molecule has 0 aliphatic carbocycles. The van der Waals surface area contributed by atoms with E-state index in [1.165, 1.54) is 26.2 Å². The predicted molar refractivity (Wildman–Crippen MR) is 86.5 cm³/mol. The molecule has 0 radical (unpaired) electrons. The number of rotatable bonds is 4. The van der Waals surface area contributed by atoms with Gasteiger partial charge < -0.3 is 11.1 Å². The molecule has 0 fully saturated rings. The molecule has 0 bridgehead atoms. The van der Waals surface area contributed by atoms with Crippen molar-refractivity contribution < 1.29 is 8.42 Å². The lowest BCUT2D eigenvalue weighted by molar-refractivity contribution is 0.521. The predicted octanol–water partition coefficient (Wildman–Crippen LogP) is 2.92. The minimum absolute atomic E-state index is 0.172. The Morgan fingerprint density at radius 2 is 1.86 bits per heavy atom. The van der Waals surface area contributed by atoms with Gasteiger partial charge in [-0.25, -0.2) is 12.7 Å². The van der Waals surface area contributed by atoms with Crippen LogP contribution in [0.25, 0.3) is 0 Å². The van der Waals surface area contributed by atoms with Crippen LogP contribution in [0.3, 0.4) is 0 Å². The van der Waals surface area contributed by atoms with Crippen molar-refractivity contribution in [1.29, 1.82) is 0 Å². The van der Waals surface area contributed by atoms with E-state index in [0.717, 1.165) is 9.99 Å². The fraction of sp³-hybridized carbons (Fsp3) is 0.143. The molecule has 0 amide bonds. The second-order valence-electron chi connectivity index (χ2n) is 4.67. The average Bonchev–Trinajstić information content (AvgIpc) is 2.41. The molecule has 5 nitrogen and oxygen atoms in total. The molecule has 0 unspecified atom stereocenters. The maximum absolute atomic E-state index is 12.1. The van der Waals surface area contributed by atoms with E-state index in [-0.39, 0.29) is 4.90 Å². The summed E-state index contributed by atoms with van der Waals surface area (Å²) >= 11 is 5.92. The van der Waals surface area contributed by atoms with Gasteiger partial charge in [0.05, 0.1) is 16.3 Å². The van der Waals surface area contributed by atoms with Crippen LogP contribution in [0.4, 0.5) is 17.1 Å². The smallest absolute Gasteiger partial charge is 0.242 e. The molecule has 2 aromatic carbocycles. The van der Waals surface area contributed by atoms with Crippen LogP contribution in [-0.4, -0.2) is 26.8 Å². The number of nitrogens with one attached hydrogen (secondary N) is 1. The van der Waals surface area contributed by atoms with Gasteiger partial charge in [-0.1, -0.05) is 17.7 Å². The van der Waals surface area contributed by atoms with Gasteiger partial charge >= 0.3 is 0 Å². The first kappa shape index (κ1) is 15.6. The summed E-state index contributed by atoms with van der Waals surface area (Å²) in [6.07, 6.45) is 0. The number of anilines is 3. The van der Waals surface area contributed by atoms with Gasteiger partial charge in [0.25, 0.3) is 0 Å². The number of nitrogens with zero attached hydrogens (tertiary/aromatic N) is 1. The first-order valence-corrected chi connectivity index (χ1v) is 7.97. The Balaban J connectivity index is 2.41. The number of sulfonamides is 1. The fourth-order valence-electron chi connectivity index (χ4n) is 1.74. The second kappa shape index (κ2) is 5.93. The second-order valence-corrected chi connectivity index (χ2v) is 7.26. The molecule has 2 aromatic rings. The summed E-state index contributed by atoms with van der Waals surface area (Å²) in [5.74, 6) is 0. The first-order valence-electron chi connectivity index (χ1n) is 6.15. The van der Waals surface area contributed by atoms with Gasteiger partial charge in [-0.15, -0.1) is 0 Å². The van der Waals surface area contributed by atoms with Gasteiger partial charge in [-0.2, -0.15) is 0 Å². The summed E-state index contributed by atoms with van der Waals surface area (Å²) in [5, 5.41) is 3.65. The highest BCUT2D eigenvalue weighted by molar-refractivity contribution is 7.89. The van der Waals surface area contributed by atoms with Crippen molar-refractivity contribution in [2.24, 2.45) is 0 Å². The average molecular weight is 326 g/mol. The third kappa shape index (κ3) is 3.47. The van der Waals surface area contributed by atoms with Crippen molar-refractivity contribution in [2.75, 3.05) is 25.1 Å². The molecule has 0 saturated heterocycles. The van der Waals surface area contributed by atoms with Crippen molar-refractivity contribution in [2.45, 2.75) is 4.90 Å². The monoisotopic (exact) mass is 325 g/mol. The molecule has 3 N–H and O–H groups in total. The zero-order chi connectivity index (χ0) is 15.6. The molecular weight excluding hydrogens is 310 g/mol. The van der Waals surface area contributed by atoms with Crippen LogP contribution in [0.5, 0.6) is 0 Å². The number of nitrogens with two attached hydrogens (primary N) is 1. The van der Waals surface area contributed by atoms with E-state index < -0.39 is 10.0 Å². The van der Waals surface area contributed by atoms with Gasteiger partial charge in [0.1, 0.15) is 0 Å². The van der Waals surface area contributed by atoms with E-state index in [1.807, 2.05) is 6.07 Å². The Bertz CT molecular complexity index is 761. The van der Waals surface area contributed by atoms with Gasteiger partial charge in [-0.3, -0.25) is 0 Å². The Labute approximate surface area is 129 Å². The van der Waals surface area contributed by atoms with Crippen molar-refractivity contribution in [3.8, 4) is 0 Å². The Kier molecular flexibility index (Phi) is 4.41. The van der Waals surface area contributed by atoms with Crippen LogP contribution in [0, 0.1) is 0 Å². The zero-order valence-corrected chi connectivity index (χ0v) is 13.2. The van der Waals surface area contributed by atoms with Crippen LogP contribution < -0.4 is 11.1 Å². The summed E-state index contributed by atoms with van der Waals surface area (Å²) in [4.78, 5) is 0.172. The third-order valence-corrected chi connectivity index (χ3v) is 4.95. The summed E-state index contributed by atoms with van der Waals surface area (Å²) in [6.45, 7) is 0. The fourth-order valence-corrected chi connectivity index (χ4v) is 2.86. The van der Waals surface area contributed by atoms with E-state index in [9.17, 15) is 8.42 Å². The van der Waals surface area contributed by atoms with Gasteiger partial charge in [0.2, 0.25) is 10.0 Å². The lowest BCUT2D eigenvalue weighted by atomic mass is 10.2. The maximum Gasteiger partial charge on any atom is 0.242 e. The molecule has 0 aromatic heterocycles. The molecule has 0 spiro atoms. The number of benzene rings is 2. The summed E-state index contributed by atoms with van der Waals surface area (Å²) < 4.78 is 25.4. The lowest BCUT2D eigenvalue weighted by Crippen LogP contribution is -2.22. The normalized spacial score (nSPS) is 11.6. The van der Waals surface area contributed by atoms with E-state index in [2.05, 4.69) is 5.32 Å². The number of nitrogen functional groups attached to an aromatic ring is 1.